The normalized spacial score (nSPS) is 14.8. The van der Waals surface area contributed by atoms with Crippen molar-refractivity contribution in [2.45, 2.75) is 32.5 Å². The fraction of sp³-hybridized carbons (Fsp3) is 0.667. The molecule has 1 unspecified atom stereocenters. The summed E-state index contributed by atoms with van der Waals surface area (Å²) in [4.78, 5) is 11.0. The predicted octanol–water partition coefficient (Wildman–Crippen LogP) is 2.87. The molecule has 0 aliphatic heterocycles. The Balaban J connectivity index is 4.11. The number of allylic oxidation sites excluding steroid dienone is 1. The van der Waals surface area contributed by atoms with Gasteiger partial charge in [0.05, 0.1) is 6.26 Å². The second-order valence-corrected chi connectivity index (χ2v) is 4.55. The summed E-state index contributed by atoms with van der Waals surface area (Å²) in [5.74, 6) is -0.249. The van der Waals surface area contributed by atoms with Crippen LogP contribution in [-0.4, -0.2) is 10.8 Å². The summed E-state index contributed by atoms with van der Waals surface area (Å²) >= 11 is 3.29. The molecule has 0 N–H and O–H groups in total. The van der Waals surface area contributed by atoms with Crippen molar-refractivity contribution in [3.05, 3.63) is 12.3 Å². The SMILES string of the molecule is CC=COC(=O)C(Br)C(C)(C)C. The molecule has 0 heterocycles. The summed E-state index contributed by atoms with van der Waals surface area (Å²) in [7, 11) is 0. The maximum Gasteiger partial charge on any atom is 0.325 e. The highest BCUT2D eigenvalue weighted by atomic mass is 79.9. The molecular weight excluding hydrogens is 220 g/mol. The fourth-order valence-electron chi connectivity index (χ4n) is 0.548. The van der Waals surface area contributed by atoms with Crippen LogP contribution in [0.25, 0.3) is 0 Å². The number of hydrogen-bond acceptors (Lipinski definition) is 2. The molecule has 0 amide bonds. The summed E-state index contributed by atoms with van der Waals surface area (Å²) in [6.45, 7) is 7.73. The number of hydrogen-bond donors (Lipinski definition) is 0. The molecule has 0 fully saturated rings. The number of rotatable bonds is 2. The van der Waals surface area contributed by atoms with E-state index in [2.05, 4.69) is 15.9 Å². The number of carbonyl (C=O) groups is 1. The third-order valence-corrected chi connectivity index (χ3v) is 3.03. The van der Waals surface area contributed by atoms with E-state index in [1.807, 2.05) is 20.8 Å². The van der Waals surface area contributed by atoms with E-state index in [1.165, 1.54) is 6.26 Å². The zero-order valence-electron chi connectivity index (χ0n) is 7.93. The first kappa shape index (κ1) is 11.7. The molecule has 0 saturated carbocycles. The summed E-state index contributed by atoms with van der Waals surface area (Å²) in [5, 5.41) is 0. The topological polar surface area (TPSA) is 26.3 Å². The van der Waals surface area contributed by atoms with Crippen LogP contribution in [0.3, 0.4) is 0 Å². The Labute approximate surface area is 82.1 Å². The second kappa shape index (κ2) is 4.65. The van der Waals surface area contributed by atoms with E-state index in [9.17, 15) is 4.79 Å². The Hall–Kier alpha value is -0.310. The lowest BCUT2D eigenvalue weighted by atomic mass is 9.92. The monoisotopic (exact) mass is 234 g/mol. The van der Waals surface area contributed by atoms with Crippen LogP contribution in [0, 0.1) is 5.41 Å². The minimum absolute atomic E-state index is 0.112. The molecule has 12 heavy (non-hydrogen) atoms. The maximum atomic E-state index is 11.2. The van der Waals surface area contributed by atoms with Gasteiger partial charge in [0.2, 0.25) is 0 Å². The summed E-state index contributed by atoms with van der Waals surface area (Å²) in [6, 6.07) is 0. The van der Waals surface area contributed by atoms with E-state index in [0.717, 1.165) is 0 Å². The van der Waals surface area contributed by atoms with Gasteiger partial charge >= 0.3 is 5.97 Å². The highest BCUT2D eigenvalue weighted by Gasteiger charge is 2.29. The van der Waals surface area contributed by atoms with Gasteiger partial charge in [-0.3, -0.25) is 4.79 Å². The largest absolute Gasteiger partial charge is 0.434 e. The highest BCUT2D eigenvalue weighted by Crippen LogP contribution is 2.26. The van der Waals surface area contributed by atoms with Gasteiger partial charge in [-0.25, -0.2) is 0 Å². The first-order chi connectivity index (χ1) is 5.39. The van der Waals surface area contributed by atoms with E-state index in [4.69, 9.17) is 4.74 Å². The van der Waals surface area contributed by atoms with Crippen molar-refractivity contribution in [3.63, 3.8) is 0 Å². The first-order valence-corrected chi connectivity index (χ1v) is 4.77. The van der Waals surface area contributed by atoms with Crippen molar-refractivity contribution in [2.24, 2.45) is 5.41 Å². The summed E-state index contributed by atoms with van der Waals surface area (Å²) in [6.07, 6.45) is 3.07. The molecule has 0 radical (unpaired) electrons. The summed E-state index contributed by atoms with van der Waals surface area (Å²) in [5.41, 5.74) is -0.112. The van der Waals surface area contributed by atoms with Crippen LogP contribution in [0.4, 0.5) is 0 Å². The molecule has 0 saturated heterocycles. The molecule has 0 rings (SSSR count). The standard InChI is InChI=1S/C9H15BrO2/c1-5-6-12-8(11)7(10)9(2,3)4/h5-7H,1-4H3. The van der Waals surface area contributed by atoms with Gasteiger partial charge in [0, 0.05) is 0 Å². The van der Waals surface area contributed by atoms with Crippen LogP contribution in [0.2, 0.25) is 0 Å². The number of alkyl halides is 1. The molecule has 0 aliphatic carbocycles. The number of carbonyl (C=O) groups excluding carboxylic acids is 1. The molecule has 1 atom stereocenters. The second-order valence-electron chi connectivity index (χ2n) is 3.63. The van der Waals surface area contributed by atoms with Crippen LogP contribution in [0.1, 0.15) is 27.7 Å². The van der Waals surface area contributed by atoms with Crippen molar-refractivity contribution >= 4 is 21.9 Å². The fourth-order valence-corrected chi connectivity index (χ4v) is 0.656. The average Bonchev–Trinajstić information content (AvgIpc) is 1.97. The maximum absolute atomic E-state index is 11.2. The van der Waals surface area contributed by atoms with Crippen molar-refractivity contribution in [1.29, 1.82) is 0 Å². The first-order valence-electron chi connectivity index (χ1n) is 3.85. The Morgan fingerprint density at radius 3 is 2.33 bits per heavy atom. The highest BCUT2D eigenvalue weighted by molar-refractivity contribution is 9.10. The quantitative estimate of drug-likeness (QED) is 0.418. The van der Waals surface area contributed by atoms with Gasteiger partial charge in [-0.15, -0.1) is 0 Å². The Bertz CT molecular complexity index is 179. The lowest BCUT2D eigenvalue weighted by Crippen LogP contribution is -2.29. The molecule has 0 bridgehead atoms. The summed E-state index contributed by atoms with van der Waals surface area (Å²) < 4.78 is 4.81. The van der Waals surface area contributed by atoms with E-state index < -0.39 is 0 Å². The van der Waals surface area contributed by atoms with Gasteiger partial charge in [-0.1, -0.05) is 42.8 Å². The molecule has 70 valence electrons. The van der Waals surface area contributed by atoms with E-state index in [0.29, 0.717) is 0 Å². The van der Waals surface area contributed by atoms with Gasteiger partial charge in [-0.05, 0) is 12.3 Å². The zero-order chi connectivity index (χ0) is 9.78. The van der Waals surface area contributed by atoms with Crippen molar-refractivity contribution in [1.82, 2.24) is 0 Å². The molecule has 3 heteroatoms. The number of esters is 1. The van der Waals surface area contributed by atoms with E-state index in [1.54, 1.807) is 13.0 Å². The van der Waals surface area contributed by atoms with Crippen LogP contribution in [-0.2, 0) is 9.53 Å². The van der Waals surface area contributed by atoms with Gasteiger partial charge < -0.3 is 4.74 Å². The lowest BCUT2D eigenvalue weighted by molar-refractivity contribution is -0.139. The van der Waals surface area contributed by atoms with E-state index in [-0.39, 0.29) is 16.2 Å². The zero-order valence-corrected chi connectivity index (χ0v) is 9.51. The van der Waals surface area contributed by atoms with Gasteiger partial charge in [0.25, 0.3) is 0 Å². The van der Waals surface area contributed by atoms with Crippen molar-refractivity contribution in [2.75, 3.05) is 0 Å². The predicted molar refractivity (Wildman–Crippen MR) is 53.1 cm³/mol. The van der Waals surface area contributed by atoms with Crippen LogP contribution in [0.15, 0.2) is 12.3 Å². The molecule has 0 spiro atoms. The number of halogens is 1. The van der Waals surface area contributed by atoms with Gasteiger partial charge in [0.15, 0.2) is 0 Å². The molecule has 0 aromatic rings. The smallest absolute Gasteiger partial charge is 0.325 e. The van der Waals surface area contributed by atoms with Crippen LogP contribution < -0.4 is 0 Å². The lowest BCUT2D eigenvalue weighted by Gasteiger charge is -2.22. The van der Waals surface area contributed by atoms with E-state index >= 15 is 0 Å². The Morgan fingerprint density at radius 2 is 2.00 bits per heavy atom. The Kier molecular flexibility index (Phi) is 4.53. The molecule has 0 aromatic carbocycles. The average molecular weight is 235 g/mol. The minimum atomic E-state index is -0.263. The molecule has 0 aromatic heterocycles. The Morgan fingerprint density at radius 1 is 1.50 bits per heavy atom. The van der Waals surface area contributed by atoms with Crippen LogP contribution in [0.5, 0.6) is 0 Å². The third kappa shape index (κ3) is 3.90. The molecular formula is C9H15BrO2. The molecule has 0 aliphatic rings. The van der Waals surface area contributed by atoms with Crippen molar-refractivity contribution in [3.8, 4) is 0 Å². The van der Waals surface area contributed by atoms with Crippen LogP contribution >= 0.6 is 15.9 Å². The number of ether oxygens (including phenoxy) is 1. The van der Waals surface area contributed by atoms with Gasteiger partial charge in [-0.2, -0.15) is 0 Å². The third-order valence-electron chi connectivity index (χ3n) is 1.29. The molecule has 2 nitrogen and oxygen atoms in total. The van der Waals surface area contributed by atoms with Gasteiger partial charge in [0.1, 0.15) is 4.83 Å². The van der Waals surface area contributed by atoms with Crippen molar-refractivity contribution < 1.29 is 9.53 Å². The minimum Gasteiger partial charge on any atom is -0.434 e.